The van der Waals surface area contributed by atoms with Gasteiger partial charge >= 0.3 is 0 Å². The monoisotopic (exact) mass is 814 g/mol. The molecule has 338 valence electrons. The summed E-state index contributed by atoms with van der Waals surface area (Å²) in [5.41, 5.74) is 0. The topological polar surface area (TPSA) is 169 Å². The number of aliphatic hydroxyl groups excluding tert-OH is 6. The lowest BCUT2D eigenvalue weighted by Gasteiger charge is -2.40. The van der Waals surface area contributed by atoms with E-state index in [0.29, 0.717) is 6.42 Å². The summed E-state index contributed by atoms with van der Waals surface area (Å²) in [5, 5.41) is 64.7. The third kappa shape index (κ3) is 28.1. The molecule has 0 saturated carbocycles. The fraction of sp³-hybridized carbons (Fsp3) is 0.936. The zero-order valence-corrected chi connectivity index (χ0v) is 36.7. The van der Waals surface area contributed by atoms with Crippen molar-refractivity contribution in [3.05, 3.63) is 12.2 Å². The van der Waals surface area contributed by atoms with E-state index in [1.165, 1.54) is 154 Å². The molecule has 8 atom stereocenters. The number of carbonyl (C=O) groups excluding carboxylic acids is 1. The van der Waals surface area contributed by atoms with Gasteiger partial charge in [-0.25, -0.2) is 0 Å². The number of hydrogen-bond donors (Lipinski definition) is 7. The Kier molecular flexibility index (Phi) is 35.8. The van der Waals surface area contributed by atoms with E-state index in [1.54, 1.807) is 6.08 Å². The maximum Gasteiger partial charge on any atom is 0.249 e. The molecule has 10 nitrogen and oxygen atoms in total. The summed E-state index contributed by atoms with van der Waals surface area (Å²) in [5.74, 6) is -0.613. The van der Waals surface area contributed by atoms with E-state index in [2.05, 4.69) is 19.2 Å². The van der Waals surface area contributed by atoms with Crippen molar-refractivity contribution in [2.45, 2.75) is 268 Å². The number of hydrogen-bond acceptors (Lipinski definition) is 9. The van der Waals surface area contributed by atoms with Crippen LogP contribution in [0.4, 0.5) is 0 Å². The normalized spacial score (nSPS) is 21.6. The summed E-state index contributed by atoms with van der Waals surface area (Å²) in [7, 11) is 0. The Morgan fingerprint density at radius 1 is 0.596 bits per heavy atom. The van der Waals surface area contributed by atoms with Gasteiger partial charge in [-0.15, -0.1) is 0 Å². The number of rotatable bonds is 40. The van der Waals surface area contributed by atoms with Gasteiger partial charge in [-0.3, -0.25) is 4.79 Å². The number of aliphatic hydroxyl groups is 6. The fourth-order valence-corrected chi connectivity index (χ4v) is 7.75. The first-order valence-corrected chi connectivity index (χ1v) is 24.0. The first kappa shape index (κ1) is 53.9. The van der Waals surface area contributed by atoms with Gasteiger partial charge < -0.3 is 45.4 Å². The molecule has 1 saturated heterocycles. The Hall–Kier alpha value is -1.11. The van der Waals surface area contributed by atoms with E-state index >= 15 is 0 Å². The molecule has 1 rings (SSSR count). The number of unbranched alkanes of at least 4 members (excludes halogenated alkanes) is 29. The van der Waals surface area contributed by atoms with Crippen LogP contribution in [0.5, 0.6) is 0 Å². The third-order valence-corrected chi connectivity index (χ3v) is 11.7. The largest absolute Gasteiger partial charge is 0.394 e. The minimum absolute atomic E-state index is 0.301. The molecule has 1 aliphatic heterocycles. The molecule has 1 aliphatic rings. The highest BCUT2D eigenvalue weighted by Gasteiger charge is 2.44. The zero-order valence-electron chi connectivity index (χ0n) is 36.7. The fourth-order valence-electron chi connectivity index (χ4n) is 7.75. The zero-order chi connectivity index (χ0) is 41.8. The maximum absolute atomic E-state index is 13.0. The van der Waals surface area contributed by atoms with Gasteiger partial charge in [0.1, 0.15) is 30.5 Å². The molecule has 0 spiro atoms. The van der Waals surface area contributed by atoms with Crippen molar-refractivity contribution in [2.75, 3.05) is 13.2 Å². The molecule has 0 aromatic rings. The number of amides is 1. The van der Waals surface area contributed by atoms with E-state index in [9.17, 15) is 35.4 Å². The molecule has 0 radical (unpaired) electrons. The summed E-state index contributed by atoms with van der Waals surface area (Å²) in [6.07, 6.45) is 32.9. The molecule has 57 heavy (non-hydrogen) atoms. The van der Waals surface area contributed by atoms with E-state index in [1.807, 2.05) is 6.08 Å². The van der Waals surface area contributed by atoms with Gasteiger partial charge in [0.05, 0.1) is 25.4 Å². The van der Waals surface area contributed by atoms with E-state index < -0.39 is 61.5 Å². The summed E-state index contributed by atoms with van der Waals surface area (Å²) in [6.45, 7) is 3.62. The van der Waals surface area contributed by atoms with Gasteiger partial charge in [0, 0.05) is 0 Å². The lowest BCUT2D eigenvalue weighted by atomic mass is 9.99. The van der Waals surface area contributed by atoms with Crippen LogP contribution in [-0.4, -0.2) is 98.7 Å². The molecule has 0 aliphatic carbocycles. The molecule has 1 fully saturated rings. The molecule has 1 heterocycles. The number of nitrogens with one attached hydrogen (secondary N) is 1. The number of ether oxygens (including phenoxy) is 2. The van der Waals surface area contributed by atoms with Crippen LogP contribution in [0.2, 0.25) is 0 Å². The van der Waals surface area contributed by atoms with Crippen molar-refractivity contribution >= 4 is 5.91 Å². The predicted molar refractivity (Wildman–Crippen MR) is 232 cm³/mol. The molecule has 0 aromatic carbocycles. The van der Waals surface area contributed by atoms with Crippen molar-refractivity contribution in [1.29, 1.82) is 0 Å². The Morgan fingerprint density at radius 2 is 1.00 bits per heavy atom. The van der Waals surface area contributed by atoms with Crippen LogP contribution in [0.15, 0.2) is 12.2 Å². The molecule has 1 amide bonds. The first-order chi connectivity index (χ1) is 27.8. The van der Waals surface area contributed by atoms with Crippen molar-refractivity contribution in [1.82, 2.24) is 5.32 Å². The van der Waals surface area contributed by atoms with Gasteiger partial charge in [-0.1, -0.05) is 212 Å². The highest BCUT2D eigenvalue weighted by Crippen LogP contribution is 2.23. The molecular formula is C47H91NO9. The molecular weight excluding hydrogens is 723 g/mol. The Bertz CT molecular complexity index is 921. The average molecular weight is 814 g/mol. The summed E-state index contributed by atoms with van der Waals surface area (Å²) >= 11 is 0. The lowest BCUT2D eigenvalue weighted by molar-refractivity contribution is -0.302. The Balaban J connectivity index is 2.39. The highest BCUT2D eigenvalue weighted by atomic mass is 16.7. The quantitative estimate of drug-likeness (QED) is 0.0236. The maximum atomic E-state index is 13.0. The van der Waals surface area contributed by atoms with Crippen LogP contribution in [0.3, 0.4) is 0 Å². The van der Waals surface area contributed by atoms with Crippen molar-refractivity contribution < 1.29 is 44.9 Å². The van der Waals surface area contributed by atoms with Crippen molar-refractivity contribution in [3.63, 3.8) is 0 Å². The summed E-state index contributed by atoms with van der Waals surface area (Å²) in [6, 6.07) is -0.974. The van der Waals surface area contributed by atoms with Crippen molar-refractivity contribution in [3.8, 4) is 0 Å². The summed E-state index contributed by atoms with van der Waals surface area (Å²) in [4.78, 5) is 13.0. The van der Waals surface area contributed by atoms with Gasteiger partial charge in [0.2, 0.25) is 5.91 Å². The number of allylic oxidation sites excluding steroid dienone is 1. The van der Waals surface area contributed by atoms with Crippen LogP contribution in [-0.2, 0) is 14.3 Å². The Labute approximate surface area is 349 Å². The van der Waals surface area contributed by atoms with Crippen LogP contribution in [0, 0.1) is 0 Å². The van der Waals surface area contributed by atoms with E-state index in [-0.39, 0.29) is 6.61 Å². The molecule has 0 aromatic heterocycles. The Morgan fingerprint density at radius 3 is 1.42 bits per heavy atom. The van der Waals surface area contributed by atoms with Crippen LogP contribution in [0.1, 0.15) is 219 Å². The minimum atomic E-state index is -1.61. The van der Waals surface area contributed by atoms with Gasteiger partial charge in [0.15, 0.2) is 6.29 Å². The first-order valence-electron chi connectivity index (χ1n) is 24.0. The van der Waals surface area contributed by atoms with Crippen molar-refractivity contribution in [2.24, 2.45) is 0 Å². The standard InChI is InChI=1S/C47H91NO9/c1-3-5-7-9-11-13-15-17-19-20-22-24-26-28-30-32-34-36-41(51)46(55)48-39(38-56-47-45(54)44(53)43(52)42(37-49)57-47)40(50)35-33-31-29-27-25-23-21-18-16-14-12-10-8-6-4-2/h33,35,39-45,47,49-54H,3-32,34,36-38H2,1-2H3,(H,48,55)/b35-33+. The van der Waals surface area contributed by atoms with Crippen LogP contribution < -0.4 is 5.32 Å². The predicted octanol–water partition coefficient (Wildman–Crippen LogP) is 9.09. The second kappa shape index (κ2) is 37.9. The third-order valence-electron chi connectivity index (χ3n) is 11.7. The van der Waals surface area contributed by atoms with Gasteiger partial charge in [0.25, 0.3) is 0 Å². The minimum Gasteiger partial charge on any atom is -0.394 e. The SMILES string of the molecule is CCCCCCCCCCCCCCC/C=C/C(O)C(COC1OC(CO)C(O)C(O)C1O)NC(=O)C(O)CCCCCCCCCCCCCCCCCCC. The van der Waals surface area contributed by atoms with Crippen LogP contribution in [0.25, 0.3) is 0 Å². The molecule has 10 heteroatoms. The molecule has 0 bridgehead atoms. The average Bonchev–Trinajstić information content (AvgIpc) is 3.21. The van der Waals surface area contributed by atoms with Gasteiger partial charge in [-0.2, -0.15) is 0 Å². The second-order valence-electron chi connectivity index (χ2n) is 17.1. The van der Waals surface area contributed by atoms with Crippen LogP contribution >= 0.6 is 0 Å². The van der Waals surface area contributed by atoms with E-state index in [0.717, 1.165) is 44.9 Å². The summed E-state index contributed by atoms with van der Waals surface area (Å²) < 4.78 is 11.1. The smallest absolute Gasteiger partial charge is 0.249 e. The number of carbonyl (C=O) groups is 1. The lowest BCUT2D eigenvalue weighted by Crippen LogP contribution is -2.60. The molecule has 8 unspecified atom stereocenters. The van der Waals surface area contributed by atoms with Gasteiger partial charge in [-0.05, 0) is 19.3 Å². The van der Waals surface area contributed by atoms with E-state index in [4.69, 9.17) is 9.47 Å². The second-order valence-corrected chi connectivity index (χ2v) is 17.1. The highest BCUT2D eigenvalue weighted by molar-refractivity contribution is 5.80. The molecule has 7 N–H and O–H groups in total.